The lowest BCUT2D eigenvalue weighted by Crippen LogP contribution is -2.24. The van der Waals surface area contributed by atoms with E-state index in [2.05, 4.69) is 17.6 Å². The van der Waals surface area contributed by atoms with Crippen LogP contribution in [0, 0.1) is 0 Å². The van der Waals surface area contributed by atoms with Crippen LogP contribution in [0.4, 0.5) is 0 Å². The minimum absolute atomic E-state index is 0.0247. The zero-order chi connectivity index (χ0) is 13.4. The van der Waals surface area contributed by atoms with Gasteiger partial charge in [-0.3, -0.25) is 4.79 Å². The van der Waals surface area contributed by atoms with Gasteiger partial charge in [-0.1, -0.05) is 18.2 Å². The van der Waals surface area contributed by atoms with Gasteiger partial charge in [0, 0.05) is 18.2 Å². The van der Waals surface area contributed by atoms with Gasteiger partial charge in [-0.15, -0.1) is 0 Å². The maximum atomic E-state index is 11.3. The van der Waals surface area contributed by atoms with E-state index < -0.39 is 0 Å². The van der Waals surface area contributed by atoms with Gasteiger partial charge in [0.05, 0.1) is 13.0 Å². The molecule has 0 heterocycles. The molecule has 0 radical (unpaired) electrons. The molecule has 0 fully saturated rings. The van der Waals surface area contributed by atoms with E-state index in [1.807, 2.05) is 38.2 Å². The van der Waals surface area contributed by atoms with Crippen molar-refractivity contribution in [2.24, 2.45) is 0 Å². The lowest BCUT2D eigenvalue weighted by atomic mass is 10.1. The van der Waals surface area contributed by atoms with E-state index in [1.54, 1.807) is 0 Å². The second-order valence-electron chi connectivity index (χ2n) is 4.10. The first-order valence-corrected chi connectivity index (χ1v) is 6.34. The molecule has 4 heteroatoms. The Balaban J connectivity index is 2.54. The molecule has 2 N–H and O–H groups in total. The van der Waals surface area contributed by atoms with E-state index in [9.17, 15) is 4.79 Å². The Kier molecular flexibility index (Phi) is 6.22. The average molecular weight is 250 g/mol. The van der Waals surface area contributed by atoms with E-state index in [0.717, 1.165) is 11.3 Å². The van der Waals surface area contributed by atoms with Crippen LogP contribution in [-0.4, -0.2) is 26.1 Å². The summed E-state index contributed by atoms with van der Waals surface area (Å²) in [7, 11) is 1.91. The molecule has 1 rings (SSSR count). The number of carbonyl (C=O) groups excluding carboxylic acids is 1. The Morgan fingerprint density at radius 2 is 2.11 bits per heavy atom. The summed E-state index contributed by atoms with van der Waals surface area (Å²) >= 11 is 0. The monoisotopic (exact) mass is 250 g/mol. The molecule has 1 amide bonds. The number of hydrogen-bond donors (Lipinski definition) is 2. The van der Waals surface area contributed by atoms with E-state index >= 15 is 0 Å². The number of ether oxygens (including phenoxy) is 1. The second-order valence-corrected chi connectivity index (χ2v) is 4.10. The van der Waals surface area contributed by atoms with Crippen molar-refractivity contribution in [1.82, 2.24) is 10.6 Å². The third-order valence-corrected chi connectivity index (χ3v) is 2.78. The summed E-state index contributed by atoms with van der Waals surface area (Å²) in [5.41, 5.74) is 1.11. The van der Waals surface area contributed by atoms with Crippen molar-refractivity contribution in [1.29, 1.82) is 0 Å². The molecule has 0 saturated heterocycles. The molecule has 0 aliphatic carbocycles. The van der Waals surface area contributed by atoms with Gasteiger partial charge in [-0.05, 0) is 27.0 Å². The molecule has 0 bridgehead atoms. The van der Waals surface area contributed by atoms with Crippen LogP contribution in [0.3, 0.4) is 0 Å². The molecule has 1 aromatic rings. The molecule has 1 atom stereocenters. The summed E-state index contributed by atoms with van der Waals surface area (Å²) in [6.45, 7) is 5.04. The molecule has 0 aromatic heterocycles. The average Bonchev–Trinajstić information content (AvgIpc) is 2.39. The molecule has 0 aliphatic rings. The lowest BCUT2D eigenvalue weighted by molar-refractivity contribution is -0.121. The molecular weight excluding hydrogens is 228 g/mol. The van der Waals surface area contributed by atoms with E-state index in [4.69, 9.17) is 4.74 Å². The highest BCUT2D eigenvalue weighted by molar-refractivity contribution is 5.75. The van der Waals surface area contributed by atoms with Crippen LogP contribution >= 0.6 is 0 Å². The fourth-order valence-corrected chi connectivity index (χ4v) is 1.66. The smallest absolute Gasteiger partial charge is 0.223 e. The van der Waals surface area contributed by atoms with Gasteiger partial charge < -0.3 is 15.4 Å². The van der Waals surface area contributed by atoms with Crippen LogP contribution in [0.5, 0.6) is 5.75 Å². The van der Waals surface area contributed by atoms with Crippen LogP contribution in [0.2, 0.25) is 0 Å². The maximum absolute atomic E-state index is 11.3. The molecule has 1 unspecified atom stereocenters. The van der Waals surface area contributed by atoms with Gasteiger partial charge in [0.2, 0.25) is 5.91 Å². The lowest BCUT2D eigenvalue weighted by Gasteiger charge is -2.16. The zero-order valence-electron chi connectivity index (χ0n) is 11.3. The summed E-state index contributed by atoms with van der Waals surface area (Å²) in [5.74, 6) is 0.861. The predicted octanol–water partition coefficient (Wildman–Crippen LogP) is 1.87. The van der Waals surface area contributed by atoms with Gasteiger partial charge >= 0.3 is 0 Å². The number of benzene rings is 1. The predicted molar refractivity (Wildman–Crippen MR) is 72.7 cm³/mol. The van der Waals surface area contributed by atoms with Gasteiger partial charge in [0.15, 0.2) is 0 Å². The highest BCUT2D eigenvalue weighted by Crippen LogP contribution is 2.24. The van der Waals surface area contributed by atoms with Crippen molar-refractivity contribution < 1.29 is 9.53 Å². The number of para-hydroxylation sites is 1. The van der Waals surface area contributed by atoms with Crippen LogP contribution in [0.1, 0.15) is 31.9 Å². The summed E-state index contributed by atoms with van der Waals surface area (Å²) in [5, 5.41) is 5.93. The van der Waals surface area contributed by atoms with Gasteiger partial charge in [0.1, 0.15) is 5.75 Å². The number of rotatable bonds is 7. The van der Waals surface area contributed by atoms with Crippen molar-refractivity contribution in [2.45, 2.75) is 26.3 Å². The molecule has 4 nitrogen and oxygen atoms in total. The Bertz CT molecular complexity index is 380. The normalized spacial score (nSPS) is 11.9. The highest BCUT2D eigenvalue weighted by atomic mass is 16.5. The molecule has 1 aromatic carbocycles. The van der Waals surface area contributed by atoms with Crippen molar-refractivity contribution in [3.05, 3.63) is 29.8 Å². The van der Waals surface area contributed by atoms with Crippen LogP contribution < -0.4 is 15.4 Å². The first kappa shape index (κ1) is 14.5. The van der Waals surface area contributed by atoms with Gasteiger partial charge in [-0.2, -0.15) is 0 Å². The Labute approximate surface area is 109 Å². The summed E-state index contributed by atoms with van der Waals surface area (Å²) < 4.78 is 5.68. The Morgan fingerprint density at radius 3 is 2.78 bits per heavy atom. The largest absolute Gasteiger partial charge is 0.493 e. The van der Waals surface area contributed by atoms with Crippen molar-refractivity contribution in [3.8, 4) is 5.75 Å². The zero-order valence-corrected chi connectivity index (χ0v) is 11.3. The van der Waals surface area contributed by atoms with Gasteiger partial charge in [-0.25, -0.2) is 0 Å². The van der Waals surface area contributed by atoms with Crippen molar-refractivity contribution >= 4 is 5.91 Å². The Morgan fingerprint density at radius 1 is 1.39 bits per heavy atom. The molecular formula is C14H22N2O2. The third kappa shape index (κ3) is 4.37. The fraction of sp³-hybridized carbons (Fsp3) is 0.500. The third-order valence-electron chi connectivity index (χ3n) is 2.78. The quantitative estimate of drug-likeness (QED) is 0.776. The highest BCUT2D eigenvalue weighted by Gasteiger charge is 2.09. The first-order valence-electron chi connectivity index (χ1n) is 6.34. The van der Waals surface area contributed by atoms with Crippen LogP contribution in [0.15, 0.2) is 24.3 Å². The summed E-state index contributed by atoms with van der Waals surface area (Å²) in [6.07, 6.45) is 0.385. The van der Waals surface area contributed by atoms with Crippen LogP contribution in [-0.2, 0) is 4.79 Å². The molecule has 100 valence electrons. The minimum Gasteiger partial charge on any atom is -0.493 e. The number of carbonyl (C=O) groups is 1. The second kappa shape index (κ2) is 7.71. The summed E-state index contributed by atoms with van der Waals surface area (Å²) in [4.78, 5) is 11.3. The molecule has 0 aliphatic heterocycles. The maximum Gasteiger partial charge on any atom is 0.223 e. The fourth-order valence-electron chi connectivity index (χ4n) is 1.66. The SMILES string of the molecule is CCNC(=O)CCOc1ccccc1C(C)NC. The molecule has 0 saturated carbocycles. The standard InChI is InChI=1S/C14H22N2O2/c1-4-16-14(17)9-10-18-13-8-6-5-7-12(13)11(2)15-3/h5-8,11,15H,4,9-10H2,1-3H3,(H,16,17). The minimum atomic E-state index is 0.0247. The van der Waals surface area contributed by atoms with E-state index in [0.29, 0.717) is 19.6 Å². The number of nitrogens with one attached hydrogen (secondary N) is 2. The van der Waals surface area contributed by atoms with Gasteiger partial charge in [0.25, 0.3) is 0 Å². The number of hydrogen-bond acceptors (Lipinski definition) is 3. The number of amides is 1. The Hall–Kier alpha value is -1.55. The van der Waals surface area contributed by atoms with E-state index in [1.165, 1.54) is 0 Å². The molecule has 18 heavy (non-hydrogen) atoms. The van der Waals surface area contributed by atoms with Crippen molar-refractivity contribution in [2.75, 3.05) is 20.2 Å². The summed E-state index contributed by atoms with van der Waals surface area (Å²) in [6, 6.07) is 8.11. The topological polar surface area (TPSA) is 50.4 Å². The molecule has 0 spiro atoms. The van der Waals surface area contributed by atoms with E-state index in [-0.39, 0.29) is 11.9 Å². The van der Waals surface area contributed by atoms with Crippen LogP contribution in [0.25, 0.3) is 0 Å². The first-order chi connectivity index (χ1) is 8.69. The van der Waals surface area contributed by atoms with Crippen molar-refractivity contribution in [3.63, 3.8) is 0 Å².